The Labute approximate surface area is 146 Å². The molecule has 0 bridgehead atoms. The highest BCUT2D eigenvalue weighted by molar-refractivity contribution is 5.95. The summed E-state index contributed by atoms with van der Waals surface area (Å²) in [4.78, 5) is 16.8. The third-order valence-electron chi connectivity index (χ3n) is 3.89. The number of aromatic nitrogens is 3. The molecule has 130 valence electrons. The van der Waals surface area contributed by atoms with Gasteiger partial charge in [0.05, 0.1) is 18.1 Å². The molecule has 0 unspecified atom stereocenters. The van der Waals surface area contributed by atoms with E-state index in [2.05, 4.69) is 15.4 Å². The van der Waals surface area contributed by atoms with Crippen molar-refractivity contribution in [2.24, 2.45) is 0 Å². The predicted molar refractivity (Wildman–Crippen MR) is 97.8 cm³/mol. The Kier molecular flexibility index (Phi) is 4.70. The van der Waals surface area contributed by atoms with Crippen molar-refractivity contribution in [1.29, 1.82) is 0 Å². The van der Waals surface area contributed by atoms with Crippen LogP contribution in [0.2, 0.25) is 0 Å². The highest BCUT2D eigenvalue weighted by Crippen LogP contribution is 2.20. The van der Waals surface area contributed by atoms with Crippen LogP contribution in [-0.2, 0) is 4.79 Å². The standard InChI is InChI=1S/C19H22N4O2/c1-12(2)23-18-15(10-21-23)9-16(11-20-18)22-19(24)14(4)25-17-7-5-13(3)6-8-17/h5-12,14H,1-4H3,(H,22,24)/t14-/m1/s1. The smallest absolute Gasteiger partial charge is 0.265 e. The van der Waals surface area contributed by atoms with Crippen molar-refractivity contribution < 1.29 is 9.53 Å². The van der Waals surface area contributed by atoms with Gasteiger partial charge < -0.3 is 10.1 Å². The van der Waals surface area contributed by atoms with Crippen molar-refractivity contribution in [1.82, 2.24) is 14.8 Å². The van der Waals surface area contributed by atoms with Crippen LogP contribution >= 0.6 is 0 Å². The fourth-order valence-electron chi connectivity index (χ4n) is 2.50. The first kappa shape index (κ1) is 17.0. The molecule has 1 N–H and O–H groups in total. The Bertz CT molecular complexity index is 884. The summed E-state index contributed by atoms with van der Waals surface area (Å²) in [5, 5.41) is 8.06. The summed E-state index contributed by atoms with van der Waals surface area (Å²) in [6.45, 7) is 7.82. The molecule has 1 atom stereocenters. The summed E-state index contributed by atoms with van der Waals surface area (Å²) < 4.78 is 7.53. The number of carbonyl (C=O) groups is 1. The molecule has 2 heterocycles. The third-order valence-corrected chi connectivity index (χ3v) is 3.89. The largest absolute Gasteiger partial charge is 0.481 e. The average molecular weight is 338 g/mol. The van der Waals surface area contributed by atoms with Crippen LogP contribution in [0.15, 0.2) is 42.7 Å². The van der Waals surface area contributed by atoms with Gasteiger partial charge in [-0.2, -0.15) is 5.10 Å². The van der Waals surface area contributed by atoms with Crippen LogP contribution in [0.25, 0.3) is 11.0 Å². The SMILES string of the molecule is Cc1ccc(O[C@H](C)C(=O)Nc2cnc3c(cnn3C(C)C)c2)cc1. The van der Waals surface area contributed by atoms with Gasteiger partial charge >= 0.3 is 0 Å². The summed E-state index contributed by atoms with van der Waals surface area (Å²) in [5.41, 5.74) is 2.57. The first-order valence-corrected chi connectivity index (χ1v) is 8.31. The second-order valence-electron chi connectivity index (χ2n) is 6.38. The number of benzene rings is 1. The van der Waals surface area contributed by atoms with Gasteiger partial charge in [-0.25, -0.2) is 9.67 Å². The maximum Gasteiger partial charge on any atom is 0.265 e. The van der Waals surface area contributed by atoms with E-state index >= 15 is 0 Å². The summed E-state index contributed by atoms with van der Waals surface area (Å²) >= 11 is 0. The van der Waals surface area contributed by atoms with E-state index < -0.39 is 6.10 Å². The monoisotopic (exact) mass is 338 g/mol. The lowest BCUT2D eigenvalue weighted by atomic mass is 10.2. The Hall–Kier alpha value is -2.89. The van der Waals surface area contributed by atoms with Gasteiger partial charge in [-0.1, -0.05) is 17.7 Å². The van der Waals surface area contributed by atoms with Crippen molar-refractivity contribution in [2.75, 3.05) is 5.32 Å². The summed E-state index contributed by atoms with van der Waals surface area (Å²) in [6.07, 6.45) is 2.78. The van der Waals surface area contributed by atoms with E-state index in [0.717, 1.165) is 16.6 Å². The number of anilines is 1. The molecule has 0 saturated carbocycles. The molecule has 0 aliphatic heterocycles. The molecular formula is C19H22N4O2. The highest BCUT2D eigenvalue weighted by atomic mass is 16.5. The summed E-state index contributed by atoms with van der Waals surface area (Å²) in [5.74, 6) is 0.443. The molecule has 1 amide bonds. The molecule has 25 heavy (non-hydrogen) atoms. The molecule has 6 nitrogen and oxygen atoms in total. The average Bonchev–Trinajstić information content (AvgIpc) is 3.00. The number of hydrogen-bond acceptors (Lipinski definition) is 4. The zero-order chi connectivity index (χ0) is 18.0. The van der Waals surface area contributed by atoms with Crippen molar-refractivity contribution >= 4 is 22.6 Å². The fraction of sp³-hybridized carbons (Fsp3) is 0.316. The lowest BCUT2D eigenvalue weighted by Crippen LogP contribution is -2.30. The zero-order valence-electron chi connectivity index (χ0n) is 14.9. The van der Waals surface area contributed by atoms with Crippen LogP contribution in [0.4, 0.5) is 5.69 Å². The molecule has 0 fully saturated rings. The molecule has 0 spiro atoms. The van der Waals surface area contributed by atoms with Crippen LogP contribution in [0.3, 0.4) is 0 Å². The lowest BCUT2D eigenvalue weighted by Gasteiger charge is -2.15. The van der Waals surface area contributed by atoms with E-state index in [1.54, 1.807) is 19.3 Å². The molecule has 0 aliphatic carbocycles. The number of amides is 1. The number of carbonyl (C=O) groups excluding carboxylic acids is 1. The van der Waals surface area contributed by atoms with Gasteiger partial charge in [0.25, 0.3) is 5.91 Å². The predicted octanol–water partition coefficient (Wildman–Crippen LogP) is 3.73. The topological polar surface area (TPSA) is 69.0 Å². The fourth-order valence-corrected chi connectivity index (χ4v) is 2.50. The minimum Gasteiger partial charge on any atom is -0.481 e. The molecule has 6 heteroatoms. The van der Waals surface area contributed by atoms with Gasteiger partial charge in [-0.3, -0.25) is 4.79 Å². The zero-order valence-corrected chi connectivity index (χ0v) is 14.9. The van der Waals surface area contributed by atoms with Gasteiger partial charge in [0.2, 0.25) is 0 Å². The maximum atomic E-state index is 12.3. The van der Waals surface area contributed by atoms with E-state index in [0.29, 0.717) is 11.4 Å². The molecule has 2 aromatic heterocycles. The minimum absolute atomic E-state index is 0.224. The second kappa shape index (κ2) is 6.93. The molecule has 0 saturated heterocycles. The van der Waals surface area contributed by atoms with Crippen LogP contribution < -0.4 is 10.1 Å². The van der Waals surface area contributed by atoms with Crippen LogP contribution in [0, 0.1) is 6.92 Å². The van der Waals surface area contributed by atoms with Gasteiger partial charge in [-0.15, -0.1) is 0 Å². The van der Waals surface area contributed by atoms with Crippen molar-refractivity contribution in [3.05, 3.63) is 48.3 Å². The number of hydrogen-bond donors (Lipinski definition) is 1. The first-order valence-electron chi connectivity index (χ1n) is 8.31. The molecule has 3 aromatic rings. The Balaban J connectivity index is 1.69. The Morgan fingerprint density at radius 1 is 1.16 bits per heavy atom. The molecule has 0 aliphatic rings. The van der Waals surface area contributed by atoms with E-state index in [1.165, 1.54) is 0 Å². The number of rotatable bonds is 5. The number of ether oxygens (including phenoxy) is 1. The first-order chi connectivity index (χ1) is 11.9. The van der Waals surface area contributed by atoms with E-state index in [9.17, 15) is 4.79 Å². The van der Waals surface area contributed by atoms with Crippen molar-refractivity contribution in [3.8, 4) is 5.75 Å². The number of aryl methyl sites for hydroxylation is 1. The number of pyridine rings is 1. The van der Waals surface area contributed by atoms with Crippen LogP contribution in [0.5, 0.6) is 5.75 Å². The molecule has 3 rings (SSSR count). The molecule has 0 radical (unpaired) electrons. The second-order valence-corrected chi connectivity index (χ2v) is 6.38. The van der Waals surface area contributed by atoms with Crippen molar-refractivity contribution in [3.63, 3.8) is 0 Å². The van der Waals surface area contributed by atoms with Crippen molar-refractivity contribution in [2.45, 2.75) is 39.8 Å². The van der Waals surface area contributed by atoms with Gasteiger partial charge in [0, 0.05) is 11.4 Å². The Morgan fingerprint density at radius 2 is 1.88 bits per heavy atom. The quantitative estimate of drug-likeness (QED) is 0.770. The van der Waals surface area contributed by atoms with Gasteiger partial charge in [0.15, 0.2) is 11.8 Å². The number of fused-ring (bicyclic) bond motifs is 1. The van der Waals surface area contributed by atoms with Crippen LogP contribution in [0.1, 0.15) is 32.4 Å². The highest BCUT2D eigenvalue weighted by Gasteiger charge is 2.16. The van der Waals surface area contributed by atoms with E-state index in [4.69, 9.17) is 4.74 Å². The number of nitrogens with one attached hydrogen (secondary N) is 1. The van der Waals surface area contributed by atoms with Gasteiger partial charge in [-0.05, 0) is 45.9 Å². The van der Waals surface area contributed by atoms with E-state index in [1.807, 2.05) is 55.8 Å². The minimum atomic E-state index is -0.614. The summed E-state index contributed by atoms with van der Waals surface area (Å²) in [6, 6.07) is 9.70. The lowest BCUT2D eigenvalue weighted by molar-refractivity contribution is -0.122. The molecule has 1 aromatic carbocycles. The normalized spacial score (nSPS) is 12.4. The Morgan fingerprint density at radius 3 is 2.56 bits per heavy atom. The number of nitrogens with zero attached hydrogens (tertiary/aromatic N) is 3. The summed E-state index contributed by atoms with van der Waals surface area (Å²) in [7, 11) is 0. The van der Waals surface area contributed by atoms with Crippen LogP contribution in [-0.4, -0.2) is 26.8 Å². The maximum absolute atomic E-state index is 12.3. The third kappa shape index (κ3) is 3.79. The van der Waals surface area contributed by atoms with Gasteiger partial charge in [0.1, 0.15) is 5.75 Å². The molecular weight excluding hydrogens is 316 g/mol. The van der Waals surface area contributed by atoms with E-state index in [-0.39, 0.29) is 11.9 Å².